The van der Waals surface area contributed by atoms with Gasteiger partial charge in [-0.05, 0) is 57.1 Å². The van der Waals surface area contributed by atoms with E-state index in [1.165, 1.54) is 5.56 Å². The van der Waals surface area contributed by atoms with E-state index in [1.54, 1.807) is 0 Å². The maximum Gasteiger partial charge on any atom is 0.311 e. The van der Waals surface area contributed by atoms with Gasteiger partial charge in [0.05, 0.1) is 11.5 Å². The summed E-state index contributed by atoms with van der Waals surface area (Å²) in [4.78, 5) is 29.2. The van der Waals surface area contributed by atoms with Crippen LogP contribution >= 0.6 is 0 Å². The van der Waals surface area contributed by atoms with Crippen molar-refractivity contribution in [3.8, 4) is 0 Å². The molecule has 2 aliphatic heterocycles. The molecule has 1 unspecified atom stereocenters. The standard InChI is InChI=1S/C21H28N2O3/c1-13-9-14(2)18(15(3)10-13)23-8-6-17(19(23)24)22-11-16-5-4-7-21(16,12-22)20(25)26/h9-10,16-17H,4-8,11-12H2,1-3H3,(H,25,26)/t16-,17?,21+/m0/s1. The molecule has 1 saturated carbocycles. The Kier molecular flexibility index (Phi) is 4.10. The zero-order valence-corrected chi connectivity index (χ0v) is 15.9. The highest BCUT2D eigenvalue weighted by atomic mass is 16.4. The monoisotopic (exact) mass is 356 g/mol. The minimum atomic E-state index is -0.671. The fourth-order valence-electron chi connectivity index (χ4n) is 5.74. The van der Waals surface area contributed by atoms with Crippen molar-refractivity contribution >= 4 is 17.6 Å². The van der Waals surface area contributed by atoms with Crippen molar-refractivity contribution < 1.29 is 14.7 Å². The first-order valence-electron chi connectivity index (χ1n) is 9.70. The van der Waals surface area contributed by atoms with Crippen molar-refractivity contribution in [3.05, 3.63) is 28.8 Å². The number of nitrogens with zero attached hydrogens (tertiary/aromatic N) is 2. The fraction of sp³-hybridized carbons (Fsp3) is 0.619. The molecule has 26 heavy (non-hydrogen) atoms. The minimum absolute atomic E-state index is 0.139. The number of hydrogen-bond acceptors (Lipinski definition) is 3. The van der Waals surface area contributed by atoms with Gasteiger partial charge in [-0.2, -0.15) is 0 Å². The molecule has 1 aromatic rings. The average Bonchev–Trinajstić information content (AvgIpc) is 3.19. The van der Waals surface area contributed by atoms with E-state index in [0.29, 0.717) is 6.54 Å². The zero-order valence-electron chi connectivity index (χ0n) is 15.9. The van der Waals surface area contributed by atoms with E-state index in [-0.39, 0.29) is 17.9 Å². The maximum absolute atomic E-state index is 13.2. The Bertz CT molecular complexity index is 752. The third-order valence-electron chi connectivity index (χ3n) is 6.85. The predicted octanol–water partition coefficient (Wildman–Crippen LogP) is 2.90. The number of anilines is 1. The summed E-state index contributed by atoms with van der Waals surface area (Å²) in [6.45, 7) is 8.21. The molecular formula is C21H28N2O3. The molecule has 0 aromatic heterocycles. The van der Waals surface area contributed by atoms with Gasteiger partial charge in [0, 0.05) is 25.3 Å². The molecule has 1 aromatic carbocycles. The number of aryl methyl sites for hydroxylation is 3. The molecule has 1 N–H and O–H groups in total. The molecule has 2 heterocycles. The van der Waals surface area contributed by atoms with E-state index in [9.17, 15) is 14.7 Å². The number of carbonyl (C=O) groups is 2. The van der Waals surface area contributed by atoms with Gasteiger partial charge in [0.1, 0.15) is 0 Å². The number of likely N-dealkylation sites (tertiary alicyclic amines) is 1. The number of amides is 1. The van der Waals surface area contributed by atoms with E-state index in [2.05, 4.69) is 37.8 Å². The average molecular weight is 356 g/mol. The smallest absolute Gasteiger partial charge is 0.311 e. The third kappa shape index (κ3) is 2.48. The quantitative estimate of drug-likeness (QED) is 0.905. The molecule has 1 amide bonds. The van der Waals surface area contributed by atoms with Gasteiger partial charge in [0.25, 0.3) is 0 Å². The first-order chi connectivity index (χ1) is 12.3. The van der Waals surface area contributed by atoms with Gasteiger partial charge in [0.15, 0.2) is 0 Å². The Hall–Kier alpha value is -1.88. The Morgan fingerprint density at radius 1 is 1.19 bits per heavy atom. The number of carbonyl (C=O) groups excluding carboxylic acids is 1. The third-order valence-corrected chi connectivity index (χ3v) is 6.85. The maximum atomic E-state index is 13.2. The molecule has 0 spiro atoms. The zero-order chi connectivity index (χ0) is 18.6. The summed E-state index contributed by atoms with van der Waals surface area (Å²) < 4.78 is 0. The summed E-state index contributed by atoms with van der Waals surface area (Å²) in [5.74, 6) is -0.333. The summed E-state index contributed by atoms with van der Waals surface area (Å²) in [6.07, 6.45) is 3.51. The van der Waals surface area contributed by atoms with Crippen LogP contribution in [-0.4, -0.2) is 47.6 Å². The van der Waals surface area contributed by atoms with Crippen molar-refractivity contribution in [2.24, 2.45) is 11.3 Å². The van der Waals surface area contributed by atoms with Crippen LogP contribution in [0.25, 0.3) is 0 Å². The highest BCUT2D eigenvalue weighted by molar-refractivity contribution is 6.00. The second-order valence-electron chi connectivity index (χ2n) is 8.52. The van der Waals surface area contributed by atoms with Crippen LogP contribution in [0.4, 0.5) is 5.69 Å². The van der Waals surface area contributed by atoms with E-state index in [0.717, 1.165) is 55.6 Å². The molecule has 0 bridgehead atoms. The second kappa shape index (κ2) is 6.08. The van der Waals surface area contributed by atoms with Crippen molar-refractivity contribution in [3.63, 3.8) is 0 Å². The van der Waals surface area contributed by atoms with Crippen LogP contribution in [0.2, 0.25) is 0 Å². The fourth-order valence-corrected chi connectivity index (χ4v) is 5.74. The normalized spacial score (nSPS) is 31.7. The summed E-state index contributed by atoms with van der Waals surface area (Å²) in [6, 6.07) is 4.09. The molecule has 2 saturated heterocycles. The van der Waals surface area contributed by atoms with Crippen molar-refractivity contribution in [1.29, 1.82) is 0 Å². The molecule has 5 nitrogen and oxygen atoms in total. The summed E-state index contributed by atoms with van der Waals surface area (Å²) in [5.41, 5.74) is 3.90. The number of benzene rings is 1. The lowest BCUT2D eigenvalue weighted by Gasteiger charge is -2.27. The first-order valence-corrected chi connectivity index (χ1v) is 9.70. The van der Waals surface area contributed by atoms with Crippen LogP contribution < -0.4 is 4.90 Å². The molecule has 3 fully saturated rings. The van der Waals surface area contributed by atoms with Crippen LogP contribution in [0.5, 0.6) is 0 Å². The van der Waals surface area contributed by atoms with E-state index in [4.69, 9.17) is 0 Å². The van der Waals surface area contributed by atoms with Crippen LogP contribution in [0.15, 0.2) is 12.1 Å². The Labute approximate surface area is 155 Å². The summed E-state index contributed by atoms with van der Waals surface area (Å²) in [7, 11) is 0. The second-order valence-corrected chi connectivity index (χ2v) is 8.52. The number of fused-ring (bicyclic) bond motifs is 1. The van der Waals surface area contributed by atoms with Crippen LogP contribution in [-0.2, 0) is 9.59 Å². The van der Waals surface area contributed by atoms with Gasteiger partial charge >= 0.3 is 5.97 Å². The SMILES string of the molecule is Cc1cc(C)c(N2CCC(N3C[C@@H]4CCC[C@@]4(C(=O)O)C3)C2=O)c(C)c1. The van der Waals surface area contributed by atoms with Gasteiger partial charge in [-0.15, -0.1) is 0 Å². The van der Waals surface area contributed by atoms with Gasteiger partial charge in [-0.3, -0.25) is 14.5 Å². The van der Waals surface area contributed by atoms with E-state index >= 15 is 0 Å². The van der Waals surface area contributed by atoms with Crippen molar-refractivity contribution in [2.45, 2.75) is 52.5 Å². The molecule has 3 atom stereocenters. The highest BCUT2D eigenvalue weighted by Crippen LogP contribution is 2.50. The van der Waals surface area contributed by atoms with Gasteiger partial charge in [0.2, 0.25) is 5.91 Å². The van der Waals surface area contributed by atoms with Crippen LogP contribution in [0.1, 0.15) is 42.4 Å². The summed E-state index contributed by atoms with van der Waals surface area (Å²) in [5, 5.41) is 9.81. The van der Waals surface area contributed by atoms with Crippen LogP contribution in [0.3, 0.4) is 0 Å². The Morgan fingerprint density at radius 2 is 1.88 bits per heavy atom. The van der Waals surface area contributed by atoms with Gasteiger partial charge in [-0.25, -0.2) is 0 Å². The number of hydrogen-bond donors (Lipinski definition) is 1. The van der Waals surface area contributed by atoms with E-state index < -0.39 is 11.4 Å². The number of carboxylic acids is 1. The Balaban J connectivity index is 1.57. The van der Waals surface area contributed by atoms with Crippen LogP contribution in [0, 0.1) is 32.1 Å². The first kappa shape index (κ1) is 17.5. The van der Waals surface area contributed by atoms with E-state index in [1.807, 2.05) is 4.90 Å². The Morgan fingerprint density at radius 3 is 2.50 bits per heavy atom. The van der Waals surface area contributed by atoms with Gasteiger partial charge in [-0.1, -0.05) is 24.1 Å². The van der Waals surface area contributed by atoms with Gasteiger partial charge < -0.3 is 10.0 Å². The lowest BCUT2D eigenvalue weighted by molar-refractivity contribution is -0.149. The molecule has 5 heteroatoms. The largest absolute Gasteiger partial charge is 0.481 e. The van der Waals surface area contributed by atoms with Crippen molar-refractivity contribution in [1.82, 2.24) is 4.90 Å². The lowest BCUT2D eigenvalue weighted by atomic mass is 9.81. The topological polar surface area (TPSA) is 60.9 Å². The highest BCUT2D eigenvalue weighted by Gasteiger charge is 2.57. The van der Waals surface area contributed by atoms with Crippen molar-refractivity contribution in [2.75, 3.05) is 24.5 Å². The number of aliphatic carboxylic acids is 1. The predicted molar refractivity (Wildman–Crippen MR) is 100 cm³/mol. The molecular weight excluding hydrogens is 328 g/mol. The molecule has 3 aliphatic rings. The minimum Gasteiger partial charge on any atom is -0.481 e. The molecule has 1 aliphatic carbocycles. The molecule has 140 valence electrons. The summed E-state index contributed by atoms with van der Waals surface area (Å²) >= 11 is 0. The molecule has 0 radical (unpaired) electrons. The lowest BCUT2D eigenvalue weighted by Crippen LogP contribution is -2.43. The molecule has 4 rings (SSSR count). The number of carboxylic acid groups (broad SMARTS) is 1. The number of rotatable bonds is 3.